The Labute approximate surface area is 109 Å². The highest BCUT2D eigenvalue weighted by atomic mass is 16.1. The summed E-state index contributed by atoms with van der Waals surface area (Å²) >= 11 is 0. The number of hydrogen-bond acceptors (Lipinski definition) is 4. The van der Waals surface area contributed by atoms with Gasteiger partial charge in [-0.2, -0.15) is 5.10 Å². The zero-order valence-corrected chi connectivity index (χ0v) is 11.6. The molecule has 0 aliphatic carbocycles. The van der Waals surface area contributed by atoms with E-state index in [1.807, 2.05) is 0 Å². The lowest BCUT2D eigenvalue weighted by Crippen LogP contribution is -2.31. The molecule has 0 amide bonds. The van der Waals surface area contributed by atoms with Gasteiger partial charge in [0, 0.05) is 25.7 Å². The first-order chi connectivity index (χ1) is 8.72. The van der Waals surface area contributed by atoms with Crippen LogP contribution >= 0.6 is 0 Å². The maximum absolute atomic E-state index is 11.9. The van der Waals surface area contributed by atoms with E-state index < -0.39 is 0 Å². The summed E-state index contributed by atoms with van der Waals surface area (Å²) in [6.45, 7) is 10.4. The lowest BCUT2D eigenvalue weighted by Gasteiger charge is -2.20. The molecule has 1 heterocycles. The first-order valence-electron chi connectivity index (χ1n) is 6.75. The second-order valence-corrected chi connectivity index (χ2v) is 4.20. The quantitative estimate of drug-likeness (QED) is 0.704. The van der Waals surface area contributed by atoms with E-state index in [-0.39, 0.29) is 5.56 Å². The zero-order chi connectivity index (χ0) is 13.4. The fraction of sp³-hybridized carbons (Fsp3) is 0.692. The number of rotatable bonds is 8. The molecule has 1 aromatic heterocycles. The highest BCUT2D eigenvalue weighted by molar-refractivity contribution is 5.42. The molecular formula is C13H24N4O. The first kappa shape index (κ1) is 14.7. The Kier molecular flexibility index (Phi) is 6.43. The van der Waals surface area contributed by atoms with E-state index in [0.717, 1.165) is 38.3 Å². The maximum atomic E-state index is 11.9. The van der Waals surface area contributed by atoms with Gasteiger partial charge >= 0.3 is 0 Å². The molecular weight excluding hydrogens is 228 g/mol. The molecule has 18 heavy (non-hydrogen) atoms. The fourth-order valence-corrected chi connectivity index (χ4v) is 1.84. The van der Waals surface area contributed by atoms with E-state index >= 15 is 0 Å². The second kappa shape index (κ2) is 7.87. The summed E-state index contributed by atoms with van der Waals surface area (Å²) in [6, 6.07) is 1.67. The standard InChI is InChI=1S/C13H24N4O/c1-4-7-14-8-9-17-13(18)10-12(11-15-17)16(5-2)6-3/h10-11,14H,4-9H2,1-3H3. The molecule has 1 N–H and O–H groups in total. The van der Waals surface area contributed by atoms with Crippen LogP contribution in [0.15, 0.2) is 17.1 Å². The molecule has 0 unspecified atom stereocenters. The van der Waals surface area contributed by atoms with Crippen molar-refractivity contribution in [3.63, 3.8) is 0 Å². The van der Waals surface area contributed by atoms with E-state index in [1.165, 1.54) is 4.68 Å². The Balaban J connectivity index is 2.65. The van der Waals surface area contributed by atoms with Gasteiger partial charge in [-0.1, -0.05) is 6.92 Å². The number of nitrogens with zero attached hydrogens (tertiary/aromatic N) is 3. The third-order valence-electron chi connectivity index (χ3n) is 2.91. The van der Waals surface area contributed by atoms with E-state index in [4.69, 9.17) is 0 Å². The molecule has 0 saturated carbocycles. The molecule has 102 valence electrons. The van der Waals surface area contributed by atoms with Crippen molar-refractivity contribution in [3.05, 3.63) is 22.6 Å². The third-order valence-corrected chi connectivity index (χ3v) is 2.91. The van der Waals surface area contributed by atoms with E-state index in [9.17, 15) is 4.79 Å². The largest absolute Gasteiger partial charge is 0.371 e. The van der Waals surface area contributed by atoms with Crippen molar-refractivity contribution in [1.82, 2.24) is 15.1 Å². The number of hydrogen-bond donors (Lipinski definition) is 1. The third kappa shape index (κ3) is 4.14. The molecule has 1 rings (SSSR count). The number of anilines is 1. The minimum atomic E-state index is -0.0299. The molecule has 0 atom stereocenters. The van der Waals surface area contributed by atoms with Gasteiger partial charge in [0.1, 0.15) is 0 Å². The molecule has 0 aliphatic rings. The molecule has 0 radical (unpaired) electrons. The monoisotopic (exact) mass is 252 g/mol. The normalized spacial score (nSPS) is 10.6. The van der Waals surface area contributed by atoms with Gasteiger partial charge in [0.15, 0.2) is 0 Å². The van der Waals surface area contributed by atoms with Crippen LogP contribution in [0.25, 0.3) is 0 Å². The smallest absolute Gasteiger partial charge is 0.268 e. The van der Waals surface area contributed by atoms with Crippen molar-refractivity contribution < 1.29 is 0 Å². The number of aromatic nitrogens is 2. The topological polar surface area (TPSA) is 50.2 Å². The molecule has 0 bridgehead atoms. The Hall–Kier alpha value is -1.36. The van der Waals surface area contributed by atoms with Gasteiger partial charge < -0.3 is 10.2 Å². The molecule has 5 heteroatoms. The van der Waals surface area contributed by atoms with Crippen LogP contribution in [-0.4, -0.2) is 36.0 Å². The first-order valence-corrected chi connectivity index (χ1v) is 6.75. The molecule has 0 aromatic carbocycles. The van der Waals surface area contributed by atoms with Gasteiger partial charge in [-0.25, -0.2) is 4.68 Å². The van der Waals surface area contributed by atoms with Gasteiger partial charge in [0.2, 0.25) is 0 Å². The lowest BCUT2D eigenvalue weighted by molar-refractivity contribution is 0.530. The van der Waals surface area contributed by atoms with Gasteiger partial charge in [0.25, 0.3) is 5.56 Å². The zero-order valence-electron chi connectivity index (χ0n) is 11.6. The Bertz CT molecular complexity index is 398. The minimum absolute atomic E-state index is 0.0299. The summed E-state index contributed by atoms with van der Waals surface area (Å²) in [6.07, 6.45) is 2.87. The van der Waals surface area contributed by atoms with Crippen LogP contribution in [0, 0.1) is 0 Å². The number of nitrogens with one attached hydrogen (secondary N) is 1. The van der Waals surface area contributed by atoms with E-state index in [1.54, 1.807) is 12.3 Å². The average Bonchev–Trinajstić information content (AvgIpc) is 2.38. The van der Waals surface area contributed by atoms with Crippen LogP contribution in [0.5, 0.6) is 0 Å². The summed E-state index contributed by atoms with van der Waals surface area (Å²) in [5.74, 6) is 0. The van der Waals surface area contributed by atoms with Gasteiger partial charge in [-0.05, 0) is 26.8 Å². The van der Waals surface area contributed by atoms with Crippen molar-refractivity contribution in [2.75, 3.05) is 31.1 Å². The predicted molar refractivity (Wildman–Crippen MR) is 75.2 cm³/mol. The van der Waals surface area contributed by atoms with Crippen LogP contribution in [0.4, 0.5) is 5.69 Å². The van der Waals surface area contributed by atoms with Crippen molar-refractivity contribution >= 4 is 5.69 Å². The minimum Gasteiger partial charge on any atom is -0.371 e. The van der Waals surface area contributed by atoms with Gasteiger partial charge in [0.05, 0.1) is 18.4 Å². The van der Waals surface area contributed by atoms with Gasteiger partial charge in [-0.15, -0.1) is 0 Å². The van der Waals surface area contributed by atoms with Crippen molar-refractivity contribution in [1.29, 1.82) is 0 Å². The Morgan fingerprint density at radius 2 is 2.00 bits per heavy atom. The van der Waals surface area contributed by atoms with Gasteiger partial charge in [-0.3, -0.25) is 4.79 Å². The van der Waals surface area contributed by atoms with Crippen molar-refractivity contribution in [2.24, 2.45) is 0 Å². The van der Waals surface area contributed by atoms with E-state index in [2.05, 4.69) is 36.1 Å². The second-order valence-electron chi connectivity index (χ2n) is 4.20. The Morgan fingerprint density at radius 3 is 2.56 bits per heavy atom. The van der Waals surface area contributed by atoms with Crippen LogP contribution in [0.1, 0.15) is 27.2 Å². The molecule has 0 fully saturated rings. The highest BCUT2D eigenvalue weighted by Gasteiger charge is 2.04. The summed E-state index contributed by atoms with van der Waals surface area (Å²) in [7, 11) is 0. The molecule has 0 aliphatic heterocycles. The SMILES string of the molecule is CCCNCCn1ncc(N(CC)CC)cc1=O. The van der Waals surface area contributed by atoms with Crippen molar-refractivity contribution in [3.8, 4) is 0 Å². The van der Waals surface area contributed by atoms with Crippen LogP contribution < -0.4 is 15.8 Å². The average molecular weight is 252 g/mol. The Morgan fingerprint density at radius 1 is 1.28 bits per heavy atom. The summed E-state index contributed by atoms with van der Waals surface area (Å²) in [5.41, 5.74) is 0.875. The predicted octanol–water partition coefficient (Wildman–Crippen LogP) is 1.09. The summed E-state index contributed by atoms with van der Waals surface area (Å²) in [4.78, 5) is 14.0. The van der Waals surface area contributed by atoms with Crippen LogP contribution in [-0.2, 0) is 6.54 Å². The van der Waals surface area contributed by atoms with Crippen LogP contribution in [0.2, 0.25) is 0 Å². The maximum Gasteiger partial charge on any atom is 0.268 e. The van der Waals surface area contributed by atoms with Crippen LogP contribution in [0.3, 0.4) is 0 Å². The van der Waals surface area contributed by atoms with Crippen molar-refractivity contribution in [2.45, 2.75) is 33.7 Å². The fourth-order valence-electron chi connectivity index (χ4n) is 1.84. The highest BCUT2D eigenvalue weighted by Crippen LogP contribution is 2.07. The lowest BCUT2D eigenvalue weighted by atomic mass is 10.4. The summed E-state index contributed by atoms with van der Waals surface area (Å²) in [5, 5.41) is 7.48. The summed E-state index contributed by atoms with van der Waals surface area (Å²) < 4.78 is 1.51. The van der Waals surface area contributed by atoms with E-state index in [0.29, 0.717) is 6.54 Å². The molecule has 5 nitrogen and oxygen atoms in total. The molecule has 0 spiro atoms. The molecule has 1 aromatic rings. The molecule has 0 saturated heterocycles.